The summed E-state index contributed by atoms with van der Waals surface area (Å²) in [4.78, 5) is 13.6. The maximum Gasteiger partial charge on any atom is 0.446 e. The Morgan fingerprint density at radius 2 is 1.97 bits per heavy atom. The molecule has 0 spiro atoms. The average molecular weight is 574 g/mol. The molecule has 3 aliphatic rings. The van der Waals surface area contributed by atoms with Crippen molar-refractivity contribution in [2.75, 3.05) is 36.5 Å². The van der Waals surface area contributed by atoms with E-state index in [1.165, 1.54) is 10.6 Å². The van der Waals surface area contributed by atoms with Gasteiger partial charge in [-0.25, -0.2) is 8.91 Å². The molecule has 0 aromatic carbocycles. The molecule has 13 heteroatoms. The fraction of sp³-hybridized carbons (Fsp3) is 0.600. The lowest BCUT2D eigenvalue weighted by atomic mass is 10.0. The molecular weight excluding hydrogens is 542 g/mol. The fourth-order valence-electron chi connectivity index (χ4n) is 4.41. The van der Waals surface area contributed by atoms with Crippen molar-refractivity contribution >= 4 is 39.8 Å². The molecule has 3 fully saturated rings. The first-order valence-electron chi connectivity index (χ1n) is 12.7. The zero-order valence-corrected chi connectivity index (χ0v) is 22.8. The summed E-state index contributed by atoms with van der Waals surface area (Å²) in [6.07, 6.45) is 0.985. The van der Waals surface area contributed by atoms with Crippen LogP contribution in [0.2, 0.25) is 0 Å². The standard InChI is InChI=1S/C23H25F4N5O2S2.C2H6/c24-16-11-31(15-12-36(34)13-15)10-8-17(16)29-20-5-1-4-19-21(35-23(25,26)27)18(30-32(19)20)3-2-9-28-22(33)14-6-7-14;1-2/h1,4-5,14-17,29H,6-13H2,(H,28,33);1-2H3. The first-order valence-corrected chi connectivity index (χ1v) is 15.0. The van der Waals surface area contributed by atoms with E-state index in [-0.39, 0.29) is 58.8 Å². The van der Waals surface area contributed by atoms with Crippen molar-refractivity contribution in [3.8, 4) is 11.8 Å². The highest BCUT2D eigenvalue weighted by atomic mass is 32.2. The molecule has 2 saturated heterocycles. The number of halogens is 4. The second-order valence-electron chi connectivity index (χ2n) is 9.20. The first-order chi connectivity index (χ1) is 18.2. The van der Waals surface area contributed by atoms with Crippen LogP contribution in [0.25, 0.3) is 5.52 Å². The number of alkyl halides is 4. The maximum absolute atomic E-state index is 15.0. The van der Waals surface area contributed by atoms with E-state index in [1.807, 2.05) is 18.7 Å². The number of pyridine rings is 1. The zero-order chi connectivity index (χ0) is 27.4. The number of piperidine rings is 1. The lowest BCUT2D eigenvalue weighted by molar-refractivity contribution is -0.122. The molecule has 0 radical (unpaired) electrons. The number of likely N-dealkylation sites (tertiary alicyclic amines) is 1. The van der Waals surface area contributed by atoms with Gasteiger partial charge in [0.2, 0.25) is 5.91 Å². The minimum Gasteiger partial charge on any atom is -0.364 e. The molecule has 2 aromatic rings. The molecule has 2 atom stereocenters. The van der Waals surface area contributed by atoms with Crippen LogP contribution < -0.4 is 10.6 Å². The van der Waals surface area contributed by atoms with Crippen molar-refractivity contribution < 1.29 is 26.6 Å². The van der Waals surface area contributed by atoms with Crippen molar-refractivity contribution in [2.24, 2.45) is 5.92 Å². The van der Waals surface area contributed by atoms with Gasteiger partial charge >= 0.3 is 5.51 Å². The van der Waals surface area contributed by atoms with Crippen LogP contribution in [0.4, 0.5) is 23.4 Å². The Labute approximate surface area is 225 Å². The molecule has 2 aromatic heterocycles. The van der Waals surface area contributed by atoms with Crippen molar-refractivity contribution in [1.82, 2.24) is 19.8 Å². The number of nitrogens with one attached hydrogen (secondary N) is 2. The largest absolute Gasteiger partial charge is 0.446 e. The van der Waals surface area contributed by atoms with Crippen LogP contribution in [0, 0.1) is 17.8 Å². The molecule has 1 aliphatic carbocycles. The molecule has 208 valence electrons. The second kappa shape index (κ2) is 12.3. The van der Waals surface area contributed by atoms with Gasteiger partial charge in [-0.3, -0.25) is 13.9 Å². The Hall–Kier alpha value is -2.30. The highest BCUT2D eigenvalue weighted by molar-refractivity contribution is 8.00. The highest BCUT2D eigenvalue weighted by Crippen LogP contribution is 2.41. The summed E-state index contributed by atoms with van der Waals surface area (Å²) in [5.74, 6) is 6.79. The number of carbonyl (C=O) groups is 1. The van der Waals surface area contributed by atoms with E-state index in [0.717, 1.165) is 12.8 Å². The van der Waals surface area contributed by atoms with Crippen LogP contribution in [-0.2, 0) is 15.6 Å². The van der Waals surface area contributed by atoms with Gasteiger partial charge in [-0.2, -0.15) is 18.3 Å². The summed E-state index contributed by atoms with van der Waals surface area (Å²) in [5, 5.41) is 10.1. The summed E-state index contributed by atoms with van der Waals surface area (Å²) in [7, 11) is -0.809. The molecule has 1 saturated carbocycles. The Bertz CT molecular complexity index is 1230. The molecule has 4 heterocycles. The van der Waals surface area contributed by atoms with E-state index in [9.17, 15) is 22.2 Å². The zero-order valence-electron chi connectivity index (χ0n) is 21.2. The monoisotopic (exact) mass is 573 g/mol. The average Bonchev–Trinajstić information content (AvgIpc) is 3.66. The van der Waals surface area contributed by atoms with Crippen LogP contribution in [0.15, 0.2) is 23.1 Å². The van der Waals surface area contributed by atoms with Gasteiger partial charge in [0, 0.05) is 47.4 Å². The smallest absolute Gasteiger partial charge is 0.364 e. The molecular formula is C25H31F4N5O2S2. The van der Waals surface area contributed by atoms with Crippen molar-refractivity contribution in [2.45, 2.75) is 61.8 Å². The molecule has 1 amide bonds. The molecule has 7 nitrogen and oxygen atoms in total. The van der Waals surface area contributed by atoms with Crippen LogP contribution in [-0.4, -0.2) is 79.5 Å². The summed E-state index contributed by atoms with van der Waals surface area (Å²) in [6.45, 7) is 4.88. The van der Waals surface area contributed by atoms with Crippen LogP contribution in [0.5, 0.6) is 0 Å². The number of thioether (sulfide) groups is 1. The Kier molecular flexibility index (Phi) is 9.26. The predicted molar refractivity (Wildman–Crippen MR) is 141 cm³/mol. The topological polar surface area (TPSA) is 78.7 Å². The van der Waals surface area contributed by atoms with E-state index in [2.05, 4.69) is 27.6 Å². The molecule has 2 aliphatic heterocycles. The minimum atomic E-state index is -4.55. The number of rotatable bonds is 6. The first kappa shape index (κ1) is 28.7. The van der Waals surface area contributed by atoms with Gasteiger partial charge in [0.25, 0.3) is 0 Å². The number of anilines is 1. The normalized spacial score (nSPS) is 25.4. The Morgan fingerprint density at radius 1 is 1.24 bits per heavy atom. The summed E-state index contributed by atoms with van der Waals surface area (Å²) in [5.41, 5.74) is -4.40. The maximum atomic E-state index is 15.0. The Balaban J connectivity index is 0.00000164. The number of hydrogen-bond acceptors (Lipinski definition) is 6. The highest BCUT2D eigenvalue weighted by Gasteiger charge is 2.38. The Morgan fingerprint density at radius 3 is 2.61 bits per heavy atom. The van der Waals surface area contributed by atoms with Gasteiger partial charge in [-0.15, -0.1) is 0 Å². The van der Waals surface area contributed by atoms with E-state index in [4.69, 9.17) is 0 Å². The van der Waals surface area contributed by atoms with Crippen molar-refractivity contribution in [3.05, 3.63) is 23.9 Å². The van der Waals surface area contributed by atoms with Gasteiger partial charge < -0.3 is 10.6 Å². The lowest BCUT2D eigenvalue weighted by Gasteiger charge is -2.42. The third kappa shape index (κ3) is 7.01. The molecule has 5 rings (SSSR count). The van der Waals surface area contributed by atoms with Gasteiger partial charge in [-0.05, 0) is 49.1 Å². The minimum absolute atomic E-state index is 0.0101. The third-order valence-electron chi connectivity index (χ3n) is 6.52. The molecule has 0 bridgehead atoms. The van der Waals surface area contributed by atoms with Gasteiger partial charge in [-0.1, -0.05) is 25.8 Å². The summed E-state index contributed by atoms with van der Waals surface area (Å²) >= 11 is -0.296. The van der Waals surface area contributed by atoms with Crippen LogP contribution in [0.1, 0.15) is 38.8 Å². The molecule has 2 N–H and O–H groups in total. The third-order valence-corrected chi connectivity index (χ3v) is 8.87. The van der Waals surface area contributed by atoms with Gasteiger partial charge in [0.1, 0.15) is 17.7 Å². The van der Waals surface area contributed by atoms with Crippen molar-refractivity contribution in [3.63, 3.8) is 0 Å². The van der Waals surface area contributed by atoms with Crippen LogP contribution >= 0.6 is 11.8 Å². The number of carbonyl (C=O) groups excluding carboxylic acids is 1. The second-order valence-corrected chi connectivity index (χ2v) is 11.8. The van der Waals surface area contributed by atoms with E-state index >= 15 is 4.39 Å². The van der Waals surface area contributed by atoms with Crippen LogP contribution in [0.3, 0.4) is 0 Å². The predicted octanol–water partition coefficient (Wildman–Crippen LogP) is 3.81. The number of amides is 1. The van der Waals surface area contributed by atoms with Gasteiger partial charge in [0.15, 0.2) is 0 Å². The van der Waals surface area contributed by atoms with E-state index in [0.29, 0.717) is 30.3 Å². The van der Waals surface area contributed by atoms with E-state index < -0.39 is 28.5 Å². The number of hydrogen-bond donors (Lipinski definition) is 2. The summed E-state index contributed by atoms with van der Waals surface area (Å²) in [6, 6.07) is 4.37. The number of aromatic nitrogens is 2. The van der Waals surface area contributed by atoms with Gasteiger partial charge in [0.05, 0.1) is 23.0 Å². The lowest BCUT2D eigenvalue weighted by Crippen LogP contribution is -2.57. The number of fused-ring (bicyclic) bond motifs is 1. The van der Waals surface area contributed by atoms with Crippen molar-refractivity contribution in [1.29, 1.82) is 0 Å². The van der Waals surface area contributed by atoms with E-state index in [1.54, 1.807) is 12.1 Å². The fourth-order valence-corrected chi connectivity index (χ4v) is 6.27. The molecule has 2 unspecified atom stereocenters. The quantitative estimate of drug-likeness (QED) is 0.311. The summed E-state index contributed by atoms with van der Waals surface area (Å²) < 4.78 is 67.7. The number of nitrogens with zero attached hydrogens (tertiary/aromatic N) is 3. The molecule has 38 heavy (non-hydrogen) atoms. The SMILES string of the molecule is CC.O=C(NCC#Cc1nn2c(NC3CCN(C4CS(=O)C4)CC3F)cccc2c1SC(F)(F)F)C1CC1.